The topological polar surface area (TPSA) is 46.3 Å². The number of piperidine rings is 2. The van der Waals surface area contributed by atoms with Gasteiger partial charge in [-0.1, -0.05) is 6.42 Å². The van der Waals surface area contributed by atoms with Gasteiger partial charge in [-0.2, -0.15) is 0 Å². The van der Waals surface area contributed by atoms with E-state index in [-0.39, 0.29) is 11.8 Å². The van der Waals surface area contributed by atoms with E-state index in [9.17, 15) is 4.79 Å². The van der Waals surface area contributed by atoms with Gasteiger partial charge in [-0.15, -0.1) is 0 Å². The zero-order valence-corrected chi connectivity index (χ0v) is 8.04. The summed E-state index contributed by atoms with van der Waals surface area (Å²) in [6.07, 6.45) is 5.89. The molecule has 0 saturated carbocycles. The fourth-order valence-electron chi connectivity index (χ4n) is 2.79. The SMILES string of the molecule is NC(=O)[C@H]1CCCN2CCCC[C@H]12. The summed E-state index contributed by atoms with van der Waals surface area (Å²) in [7, 11) is 0. The van der Waals surface area contributed by atoms with Crippen LogP contribution in [0.2, 0.25) is 0 Å². The highest BCUT2D eigenvalue weighted by molar-refractivity contribution is 5.77. The number of hydrogen-bond donors (Lipinski definition) is 1. The van der Waals surface area contributed by atoms with Gasteiger partial charge in [-0.3, -0.25) is 9.69 Å². The third kappa shape index (κ3) is 1.70. The second kappa shape index (κ2) is 3.66. The van der Waals surface area contributed by atoms with Crippen molar-refractivity contribution in [1.29, 1.82) is 0 Å². The molecule has 2 atom stereocenters. The van der Waals surface area contributed by atoms with Crippen molar-refractivity contribution in [2.75, 3.05) is 13.1 Å². The summed E-state index contributed by atoms with van der Waals surface area (Å²) in [6.45, 7) is 2.35. The van der Waals surface area contributed by atoms with Crippen LogP contribution in [0, 0.1) is 5.92 Å². The molecule has 1 amide bonds. The minimum Gasteiger partial charge on any atom is -0.369 e. The minimum absolute atomic E-state index is 0.0865. The largest absolute Gasteiger partial charge is 0.369 e. The highest BCUT2D eigenvalue weighted by Gasteiger charge is 2.35. The molecule has 2 rings (SSSR count). The summed E-state index contributed by atoms with van der Waals surface area (Å²) in [5.41, 5.74) is 5.41. The molecule has 0 aromatic heterocycles. The first kappa shape index (κ1) is 9.00. The molecule has 0 spiro atoms. The summed E-state index contributed by atoms with van der Waals surface area (Å²) in [6, 6.07) is 0.472. The van der Waals surface area contributed by atoms with Crippen molar-refractivity contribution in [3.8, 4) is 0 Å². The van der Waals surface area contributed by atoms with Crippen LogP contribution in [0.25, 0.3) is 0 Å². The summed E-state index contributed by atoms with van der Waals surface area (Å²) >= 11 is 0. The lowest BCUT2D eigenvalue weighted by molar-refractivity contribution is -0.126. The van der Waals surface area contributed by atoms with Crippen LogP contribution in [0.1, 0.15) is 32.1 Å². The first-order chi connectivity index (χ1) is 6.29. The molecule has 2 saturated heterocycles. The molecule has 2 heterocycles. The van der Waals surface area contributed by atoms with Gasteiger partial charge in [0.25, 0.3) is 0 Å². The summed E-state index contributed by atoms with van der Waals surface area (Å²) in [4.78, 5) is 13.7. The fraction of sp³-hybridized carbons (Fsp3) is 0.900. The third-order valence-electron chi connectivity index (χ3n) is 3.45. The summed E-state index contributed by atoms with van der Waals surface area (Å²) in [5.74, 6) is 0.0469. The molecular formula is C10H18N2O. The Morgan fingerprint density at radius 3 is 2.69 bits per heavy atom. The number of fused-ring (bicyclic) bond motifs is 1. The predicted octanol–water partition coefficient (Wildman–Crippen LogP) is 0.736. The van der Waals surface area contributed by atoms with Gasteiger partial charge in [-0.05, 0) is 38.8 Å². The molecule has 0 bridgehead atoms. The molecule has 13 heavy (non-hydrogen) atoms. The maximum atomic E-state index is 11.2. The van der Waals surface area contributed by atoms with Crippen LogP contribution < -0.4 is 5.73 Å². The molecule has 3 nitrogen and oxygen atoms in total. The number of primary amides is 1. The average molecular weight is 182 g/mol. The Balaban J connectivity index is 2.06. The number of rotatable bonds is 1. The summed E-state index contributed by atoms with van der Waals surface area (Å²) in [5, 5.41) is 0. The fourth-order valence-corrected chi connectivity index (χ4v) is 2.79. The maximum Gasteiger partial charge on any atom is 0.222 e. The molecule has 2 aliphatic heterocycles. The van der Waals surface area contributed by atoms with E-state index in [1.165, 1.54) is 32.4 Å². The number of hydrogen-bond acceptors (Lipinski definition) is 2. The van der Waals surface area contributed by atoms with Gasteiger partial charge in [0.15, 0.2) is 0 Å². The van der Waals surface area contributed by atoms with Crippen molar-refractivity contribution in [1.82, 2.24) is 4.90 Å². The number of nitrogens with zero attached hydrogens (tertiary/aromatic N) is 1. The number of amides is 1. The van der Waals surface area contributed by atoms with Gasteiger partial charge in [0, 0.05) is 6.04 Å². The quantitative estimate of drug-likeness (QED) is 0.650. The maximum absolute atomic E-state index is 11.2. The van der Waals surface area contributed by atoms with E-state index in [1.807, 2.05) is 0 Å². The molecule has 0 aliphatic carbocycles. The van der Waals surface area contributed by atoms with Gasteiger partial charge < -0.3 is 5.73 Å². The standard InChI is InChI=1S/C10H18N2O/c11-10(13)8-4-3-7-12-6-2-1-5-9(8)12/h8-9H,1-7H2,(H2,11,13)/t8-,9+/m0/s1. The van der Waals surface area contributed by atoms with Crippen LogP contribution in [0.4, 0.5) is 0 Å². The van der Waals surface area contributed by atoms with E-state index < -0.39 is 0 Å². The zero-order chi connectivity index (χ0) is 9.26. The molecular weight excluding hydrogens is 164 g/mol. The van der Waals surface area contributed by atoms with E-state index in [0.29, 0.717) is 6.04 Å². The second-order valence-corrected chi connectivity index (χ2v) is 4.25. The van der Waals surface area contributed by atoms with E-state index >= 15 is 0 Å². The smallest absolute Gasteiger partial charge is 0.222 e. The van der Waals surface area contributed by atoms with E-state index in [1.54, 1.807) is 0 Å². The van der Waals surface area contributed by atoms with Crippen LogP contribution in [-0.4, -0.2) is 29.9 Å². The van der Waals surface area contributed by atoms with Gasteiger partial charge in [-0.25, -0.2) is 0 Å². The van der Waals surface area contributed by atoms with Crippen molar-refractivity contribution in [2.24, 2.45) is 11.7 Å². The molecule has 0 aromatic carbocycles. The highest BCUT2D eigenvalue weighted by atomic mass is 16.1. The molecule has 0 unspecified atom stereocenters. The van der Waals surface area contributed by atoms with Crippen LogP contribution in [0.5, 0.6) is 0 Å². The normalized spacial score (nSPS) is 35.4. The van der Waals surface area contributed by atoms with Crippen molar-refractivity contribution in [3.05, 3.63) is 0 Å². The van der Waals surface area contributed by atoms with Crippen LogP contribution in [0.15, 0.2) is 0 Å². The predicted molar refractivity (Wildman–Crippen MR) is 51.1 cm³/mol. The average Bonchev–Trinajstić information content (AvgIpc) is 2.17. The van der Waals surface area contributed by atoms with E-state index in [0.717, 1.165) is 12.8 Å². The lowest BCUT2D eigenvalue weighted by atomic mass is 9.83. The Bertz CT molecular complexity index is 203. The van der Waals surface area contributed by atoms with Gasteiger partial charge in [0.1, 0.15) is 0 Å². The second-order valence-electron chi connectivity index (χ2n) is 4.25. The van der Waals surface area contributed by atoms with Crippen molar-refractivity contribution >= 4 is 5.91 Å². The number of nitrogens with two attached hydrogens (primary N) is 1. The molecule has 2 aliphatic rings. The molecule has 0 radical (unpaired) electrons. The minimum atomic E-state index is -0.0865. The van der Waals surface area contributed by atoms with Crippen molar-refractivity contribution < 1.29 is 4.79 Å². The molecule has 0 aromatic rings. The van der Waals surface area contributed by atoms with E-state index in [4.69, 9.17) is 5.73 Å². The van der Waals surface area contributed by atoms with Gasteiger partial charge in [0.2, 0.25) is 5.91 Å². The summed E-state index contributed by atoms with van der Waals surface area (Å²) < 4.78 is 0. The number of carbonyl (C=O) groups excluding carboxylic acids is 1. The van der Waals surface area contributed by atoms with Crippen LogP contribution in [0.3, 0.4) is 0 Å². The van der Waals surface area contributed by atoms with Crippen molar-refractivity contribution in [3.63, 3.8) is 0 Å². The highest BCUT2D eigenvalue weighted by Crippen LogP contribution is 2.30. The van der Waals surface area contributed by atoms with Crippen molar-refractivity contribution in [2.45, 2.75) is 38.1 Å². The molecule has 74 valence electrons. The van der Waals surface area contributed by atoms with Gasteiger partial charge in [0.05, 0.1) is 5.92 Å². The lowest BCUT2D eigenvalue weighted by Crippen LogP contribution is -2.51. The Kier molecular flexibility index (Phi) is 2.54. The Labute approximate surface area is 79.3 Å². The van der Waals surface area contributed by atoms with Crippen LogP contribution in [-0.2, 0) is 4.79 Å². The first-order valence-electron chi connectivity index (χ1n) is 5.32. The van der Waals surface area contributed by atoms with Crippen LogP contribution >= 0.6 is 0 Å². The molecule has 2 fully saturated rings. The third-order valence-corrected chi connectivity index (χ3v) is 3.45. The monoisotopic (exact) mass is 182 g/mol. The lowest BCUT2D eigenvalue weighted by Gasteiger charge is -2.43. The Morgan fingerprint density at radius 2 is 1.92 bits per heavy atom. The zero-order valence-electron chi connectivity index (χ0n) is 8.04. The van der Waals surface area contributed by atoms with E-state index in [2.05, 4.69) is 4.90 Å². The molecule has 3 heteroatoms. The Morgan fingerprint density at radius 1 is 1.15 bits per heavy atom. The first-order valence-corrected chi connectivity index (χ1v) is 5.32. The molecule has 2 N–H and O–H groups in total. The van der Waals surface area contributed by atoms with Gasteiger partial charge >= 0.3 is 0 Å². The number of carbonyl (C=O) groups is 1. The Hall–Kier alpha value is -0.570.